The third-order valence-corrected chi connectivity index (χ3v) is 4.29. The van der Waals surface area contributed by atoms with Gasteiger partial charge in [0.1, 0.15) is 0 Å². The largest absolute Gasteiger partial charge is 0.411 e. The Morgan fingerprint density at radius 1 is 1.39 bits per heavy atom. The molecule has 1 fully saturated rings. The molecule has 1 aromatic rings. The summed E-state index contributed by atoms with van der Waals surface area (Å²) in [6, 6.07) is 5.92. The molecule has 1 heterocycles. The number of nitro groups is 1. The van der Waals surface area contributed by atoms with Gasteiger partial charge in [0.2, 0.25) is 0 Å². The summed E-state index contributed by atoms with van der Waals surface area (Å²) < 4.78 is 0. The number of oxime groups is 1. The van der Waals surface area contributed by atoms with Gasteiger partial charge in [-0.05, 0) is 33.3 Å². The molecule has 2 atom stereocenters. The number of aliphatic hydroxyl groups excluding tert-OH is 1. The van der Waals surface area contributed by atoms with E-state index in [-0.39, 0.29) is 11.2 Å². The molecule has 1 aliphatic heterocycles. The summed E-state index contributed by atoms with van der Waals surface area (Å²) in [7, 11) is 0. The molecule has 0 spiro atoms. The van der Waals surface area contributed by atoms with Crippen molar-refractivity contribution in [3.05, 3.63) is 39.9 Å². The van der Waals surface area contributed by atoms with Crippen molar-refractivity contribution in [1.82, 2.24) is 5.32 Å². The van der Waals surface area contributed by atoms with E-state index < -0.39 is 22.5 Å². The number of nitrogens with zero attached hydrogens (tertiary/aromatic N) is 2. The van der Waals surface area contributed by atoms with E-state index in [2.05, 4.69) is 10.5 Å². The molecule has 0 aromatic heterocycles. The molecule has 23 heavy (non-hydrogen) atoms. The number of nitro benzene ring substituents is 1. The monoisotopic (exact) mass is 321 g/mol. The normalized spacial score (nSPS) is 26.0. The van der Waals surface area contributed by atoms with Crippen molar-refractivity contribution < 1.29 is 15.2 Å². The maximum absolute atomic E-state index is 10.9. The second kappa shape index (κ2) is 5.90. The Bertz CT molecular complexity index is 640. The summed E-state index contributed by atoms with van der Waals surface area (Å²) >= 11 is 0. The van der Waals surface area contributed by atoms with E-state index >= 15 is 0 Å². The van der Waals surface area contributed by atoms with Gasteiger partial charge in [0, 0.05) is 35.5 Å². The highest BCUT2D eigenvalue weighted by molar-refractivity contribution is 5.90. The highest BCUT2D eigenvalue weighted by Gasteiger charge is 2.47. The van der Waals surface area contributed by atoms with Gasteiger partial charge in [-0.2, -0.15) is 0 Å². The van der Waals surface area contributed by atoms with Crippen molar-refractivity contribution in [1.29, 1.82) is 0 Å². The van der Waals surface area contributed by atoms with Crippen molar-refractivity contribution in [3.63, 3.8) is 0 Å². The van der Waals surface area contributed by atoms with Gasteiger partial charge in [0.05, 0.1) is 16.7 Å². The van der Waals surface area contributed by atoms with E-state index in [4.69, 9.17) is 0 Å². The van der Waals surface area contributed by atoms with Crippen LogP contribution in [0.5, 0.6) is 0 Å². The lowest BCUT2D eigenvalue weighted by molar-refractivity contribution is -0.385. The number of piperidine rings is 1. The van der Waals surface area contributed by atoms with Gasteiger partial charge >= 0.3 is 0 Å². The van der Waals surface area contributed by atoms with Crippen molar-refractivity contribution in [2.45, 2.75) is 51.3 Å². The average molecular weight is 321 g/mol. The zero-order valence-electron chi connectivity index (χ0n) is 13.8. The second-order valence-electron chi connectivity index (χ2n) is 7.27. The van der Waals surface area contributed by atoms with E-state index in [1.807, 2.05) is 27.7 Å². The zero-order chi connectivity index (χ0) is 17.4. The number of benzene rings is 1. The van der Waals surface area contributed by atoms with E-state index in [0.717, 1.165) is 0 Å². The van der Waals surface area contributed by atoms with Crippen LogP contribution in [0.4, 0.5) is 5.69 Å². The third kappa shape index (κ3) is 3.51. The first kappa shape index (κ1) is 17.4. The van der Waals surface area contributed by atoms with Crippen LogP contribution in [0, 0.1) is 16.0 Å². The lowest BCUT2D eigenvalue weighted by Gasteiger charge is -2.49. The third-order valence-electron chi connectivity index (χ3n) is 4.29. The van der Waals surface area contributed by atoms with Crippen LogP contribution in [0.2, 0.25) is 0 Å². The zero-order valence-corrected chi connectivity index (χ0v) is 13.8. The van der Waals surface area contributed by atoms with Gasteiger partial charge in [-0.25, -0.2) is 0 Å². The van der Waals surface area contributed by atoms with Gasteiger partial charge < -0.3 is 15.6 Å². The Morgan fingerprint density at radius 2 is 2.04 bits per heavy atom. The molecule has 1 aromatic carbocycles. The fourth-order valence-electron chi connectivity index (χ4n) is 3.66. The molecule has 1 aliphatic rings. The first-order chi connectivity index (χ1) is 10.6. The SMILES string of the molecule is CC1(C)CC(=NO)C(C(O)c2cccc([N+](=O)[O-])c2)C(C)(C)N1. The fraction of sp³-hybridized carbons (Fsp3) is 0.562. The predicted octanol–water partition coefficient (Wildman–Crippen LogP) is 2.63. The summed E-state index contributed by atoms with van der Waals surface area (Å²) in [5.41, 5.74) is 0.0146. The molecular formula is C16H23N3O4. The molecule has 0 amide bonds. The lowest BCUT2D eigenvalue weighted by Crippen LogP contribution is -2.64. The minimum absolute atomic E-state index is 0.0778. The first-order valence-electron chi connectivity index (χ1n) is 7.50. The standard InChI is InChI=1S/C16H23N3O4/c1-15(2)9-12(17-21)13(16(3,4)18-15)14(20)10-6-5-7-11(8-10)19(22)23/h5-8,13-14,18,20-21H,9H2,1-4H3. The Morgan fingerprint density at radius 3 is 2.61 bits per heavy atom. The van der Waals surface area contributed by atoms with Crippen LogP contribution in [0.1, 0.15) is 45.8 Å². The van der Waals surface area contributed by atoms with Crippen molar-refractivity contribution in [2.24, 2.45) is 11.1 Å². The van der Waals surface area contributed by atoms with Gasteiger partial charge in [-0.3, -0.25) is 10.1 Å². The maximum Gasteiger partial charge on any atom is 0.269 e. The van der Waals surface area contributed by atoms with Crippen LogP contribution >= 0.6 is 0 Å². The number of hydrogen-bond donors (Lipinski definition) is 3. The summed E-state index contributed by atoms with van der Waals surface area (Å²) in [4.78, 5) is 10.4. The summed E-state index contributed by atoms with van der Waals surface area (Å²) in [5, 5.41) is 38.0. The summed E-state index contributed by atoms with van der Waals surface area (Å²) in [6.07, 6.45) is -0.539. The summed E-state index contributed by atoms with van der Waals surface area (Å²) in [6.45, 7) is 7.83. The van der Waals surface area contributed by atoms with Crippen molar-refractivity contribution in [2.75, 3.05) is 0 Å². The molecule has 7 nitrogen and oxygen atoms in total. The Labute approximate surface area is 135 Å². The van der Waals surface area contributed by atoms with Crippen molar-refractivity contribution >= 4 is 11.4 Å². The van der Waals surface area contributed by atoms with Gasteiger partial charge in [-0.1, -0.05) is 17.3 Å². The fourth-order valence-corrected chi connectivity index (χ4v) is 3.66. The highest BCUT2D eigenvalue weighted by atomic mass is 16.6. The quantitative estimate of drug-likeness (QED) is 0.450. The van der Waals surface area contributed by atoms with E-state index in [0.29, 0.717) is 17.7 Å². The Hall–Kier alpha value is -1.99. The lowest BCUT2D eigenvalue weighted by atomic mass is 9.69. The average Bonchev–Trinajstić information content (AvgIpc) is 2.43. The van der Waals surface area contributed by atoms with E-state index in [9.17, 15) is 20.4 Å². The molecule has 2 unspecified atom stereocenters. The van der Waals surface area contributed by atoms with Gasteiger partial charge in [0.15, 0.2) is 0 Å². The summed E-state index contributed by atoms with van der Waals surface area (Å²) in [5.74, 6) is -0.498. The number of nitrogens with one attached hydrogen (secondary N) is 1. The number of hydrogen-bond acceptors (Lipinski definition) is 6. The minimum atomic E-state index is -1.01. The number of rotatable bonds is 3. The first-order valence-corrected chi connectivity index (χ1v) is 7.50. The van der Waals surface area contributed by atoms with E-state index in [1.165, 1.54) is 12.1 Å². The van der Waals surface area contributed by atoms with Crippen molar-refractivity contribution in [3.8, 4) is 0 Å². The molecular weight excluding hydrogens is 298 g/mol. The van der Waals surface area contributed by atoms with Crippen LogP contribution < -0.4 is 5.32 Å². The second-order valence-corrected chi connectivity index (χ2v) is 7.27. The molecule has 0 radical (unpaired) electrons. The topological polar surface area (TPSA) is 108 Å². The molecule has 3 N–H and O–H groups in total. The van der Waals surface area contributed by atoms with Gasteiger partial charge in [-0.15, -0.1) is 0 Å². The molecule has 0 bridgehead atoms. The van der Waals surface area contributed by atoms with Gasteiger partial charge in [0.25, 0.3) is 5.69 Å². The van der Waals surface area contributed by atoms with E-state index in [1.54, 1.807) is 12.1 Å². The van der Waals surface area contributed by atoms with Crippen LogP contribution in [-0.4, -0.2) is 32.0 Å². The maximum atomic E-state index is 10.9. The Balaban J connectivity index is 2.42. The molecule has 0 saturated carbocycles. The smallest absolute Gasteiger partial charge is 0.269 e. The Kier molecular flexibility index (Phi) is 4.45. The molecule has 7 heteroatoms. The molecule has 126 valence electrons. The van der Waals surface area contributed by atoms with Crippen LogP contribution in [0.3, 0.4) is 0 Å². The number of aliphatic hydroxyl groups is 1. The van der Waals surface area contributed by atoms with Crippen LogP contribution in [0.15, 0.2) is 29.4 Å². The molecule has 1 saturated heterocycles. The minimum Gasteiger partial charge on any atom is -0.411 e. The highest BCUT2D eigenvalue weighted by Crippen LogP contribution is 2.39. The molecule has 0 aliphatic carbocycles. The van der Waals surface area contributed by atoms with Crippen LogP contribution in [0.25, 0.3) is 0 Å². The number of non-ortho nitro benzene ring substituents is 1. The predicted molar refractivity (Wildman–Crippen MR) is 86.7 cm³/mol. The molecule has 2 rings (SSSR count). The van der Waals surface area contributed by atoms with Crippen LogP contribution in [-0.2, 0) is 0 Å².